The quantitative estimate of drug-likeness (QED) is 0.641. The first-order valence-electron chi connectivity index (χ1n) is 3.52. The number of likely N-dealkylation sites (N-methyl/N-ethyl adjacent to an activating group) is 1. The Balaban J connectivity index is 0.000001000. The third kappa shape index (κ3) is 2.93. The summed E-state index contributed by atoms with van der Waals surface area (Å²) >= 11 is 0. The summed E-state index contributed by atoms with van der Waals surface area (Å²) in [5.41, 5.74) is 0. The van der Waals surface area contributed by atoms with Gasteiger partial charge in [-0.25, -0.2) is 0 Å². The van der Waals surface area contributed by atoms with Gasteiger partial charge in [-0.05, 0) is 18.7 Å². The Morgan fingerprint density at radius 1 is 1.55 bits per heavy atom. The fraction of sp³-hybridized carbons (Fsp3) is 0.333. The van der Waals surface area contributed by atoms with Gasteiger partial charge < -0.3 is 4.90 Å². The van der Waals surface area contributed by atoms with Gasteiger partial charge in [-0.15, -0.1) is 23.6 Å². The summed E-state index contributed by atoms with van der Waals surface area (Å²) < 4.78 is 0. The summed E-state index contributed by atoms with van der Waals surface area (Å²) in [5, 5.41) is 0. The molecule has 2 heteroatoms. The van der Waals surface area contributed by atoms with Crippen LogP contribution in [-0.2, 0) is 0 Å². The molecule has 0 aromatic heterocycles. The molecule has 0 amide bonds. The lowest BCUT2D eigenvalue weighted by molar-refractivity contribution is 0.382. The zero-order valence-electron chi connectivity index (χ0n) is 6.73. The van der Waals surface area contributed by atoms with E-state index >= 15 is 0 Å². The van der Waals surface area contributed by atoms with E-state index in [9.17, 15) is 0 Å². The van der Waals surface area contributed by atoms with E-state index in [1.165, 1.54) is 0 Å². The van der Waals surface area contributed by atoms with Crippen molar-refractivity contribution in [1.82, 2.24) is 4.90 Å². The predicted octanol–water partition coefficient (Wildman–Crippen LogP) is 2.52. The summed E-state index contributed by atoms with van der Waals surface area (Å²) in [6.07, 6.45) is 11.4. The van der Waals surface area contributed by atoms with Crippen molar-refractivity contribution in [3.63, 3.8) is 0 Å². The van der Waals surface area contributed by atoms with Crippen LogP contribution in [0.3, 0.4) is 0 Å². The van der Waals surface area contributed by atoms with Crippen LogP contribution in [0.5, 0.6) is 0 Å². The Kier molecular flexibility index (Phi) is 4.95. The lowest BCUT2D eigenvalue weighted by Crippen LogP contribution is -2.25. The van der Waals surface area contributed by atoms with Gasteiger partial charge in [-0.2, -0.15) is 0 Å². The lowest BCUT2D eigenvalue weighted by Gasteiger charge is -2.24. The Labute approximate surface area is 78.9 Å². The fourth-order valence-electron chi connectivity index (χ4n) is 1.04. The average molecular weight is 216 g/mol. The Bertz CT molecular complexity index is 172. The van der Waals surface area contributed by atoms with E-state index in [1.54, 1.807) is 0 Å². The minimum atomic E-state index is 0. The molecular weight excluding hydrogens is 202 g/mol. The predicted molar refractivity (Wildman–Crippen MR) is 55.0 cm³/mol. The molecule has 0 fully saturated rings. The minimum absolute atomic E-state index is 0. The molecule has 11 heavy (non-hydrogen) atoms. The second-order valence-electron chi connectivity index (χ2n) is 2.48. The largest absolute Gasteiger partial charge is 0.374 e. The van der Waals surface area contributed by atoms with E-state index < -0.39 is 0 Å². The molecule has 0 saturated carbocycles. The lowest BCUT2D eigenvalue weighted by atomic mass is 10.1. The number of halogens is 1. The highest BCUT2D eigenvalue weighted by Crippen LogP contribution is 2.08. The molecule has 1 aliphatic rings. The Morgan fingerprint density at radius 2 is 2.27 bits per heavy atom. The molecule has 0 aromatic rings. The summed E-state index contributed by atoms with van der Waals surface area (Å²) in [6.45, 7) is 3.70. The standard InChI is InChI=1S/C9H13N.BrH/c1-3-6-9-7-4-5-8-10(9)2;/h3-5,7-9H,1,6H2,2H3;1H. The average Bonchev–Trinajstić information content (AvgIpc) is 1.94. The monoisotopic (exact) mass is 215 g/mol. The van der Waals surface area contributed by atoms with Crippen LogP contribution in [0.1, 0.15) is 6.42 Å². The highest BCUT2D eigenvalue weighted by atomic mass is 79.9. The van der Waals surface area contributed by atoms with Crippen molar-refractivity contribution in [2.45, 2.75) is 12.5 Å². The van der Waals surface area contributed by atoms with Gasteiger partial charge in [-0.1, -0.05) is 18.2 Å². The van der Waals surface area contributed by atoms with Gasteiger partial charge in [0, 0.05) is 7.05 Å². The third-order valence-electron chi connectivity index (χ3n) is 1.70. The molecule has 0 saturated heterocycles. The molecule has 1 heterocycles. The van der Waals surface area contributed by atoms with E-state index in [4.69, 9.17) is 0 Å². The Hall–Kier alpha value is -0.500. The van der Waals surface area contributed by atoms with E-state index in [1.807, 2.05) is 12.2 Å². The summed E-state index contributed by atoms with van der Waals surface area (Å²) in [6, 6.07) is 0.516. The van der Waals surface area contributed by atoms with E-state index in [-0.39, 0.29) is 17.0 Å². The number of hydrogen-bond donors (Lipinski definition) is 0. The Morgan fingerprint density at radius 3 is 2.82 bits per heavy atom. The SMILES string of the molecule is Br.C=CCC1C=CC=CN1C. The van der Waals surface area contributed by atoms with Crippen molar-refractivity contribution in [2.75, 3.05) is 7.05 Å². The minimum Gasteiger partial charge on any atom is -0.374 e. The normalized spacial score (nSPS) is 21.2. The van der Waals surface area contributed by atoms with E-state index in [0.29, 0.717) is 6.04 Å². The molecule has 0 aromatic carbocycles. The second kappa shape index (κ2) is 5.19. The molecule has 0 spiro atoms. The van der Waals surface area contributed by atoms with Gasteiger partial charge in [0.25, 0.3) is 0 Å². The van der Waals surface area contributed by atoms with Crippen LogP contribution in [0, 0.1) is 0 Å². The molecular formula is C9H14BrN. The van der Waals surface area contributed by atoms with Gasteiger partial charge in [0.05, 0.1) is 6.04 Å². The van der Waals surface area contributed by atoms with Crippen molar-refractivity contribution in [1.29, 1.82) is 0 Å². The fourth-order valence-corrected chi connectivity index (χ4v) is 1.04. The van der Waals surface area contributed by atoms with Gasteiger partial charge >= 0.3 is 0 Å². The van der Waals surface area contributed by atoms with Gasteiger partial charge in [-0.3, -0.25) is 0 Å². The topological polar surface area (TPSA) is 3.24 Å². The zero-order valence-corrected chi connectivity index (χ0v) is 8.45. The van der Waals surface area contributed by atoms with E-state index in [0.717, 1.165) is 6.42 Å². The highest BCUT2D eigenvalue weighted by molar-refractivity contribution is 8.93. The van der Waals surface area contributed by atoms with Crippen LogP contribution in [-0.4, -0.2) is 18.0 Å². The molecule has 1 aliphatic heterocycles. The maximum atomic E-state index is 3.70. The first kappa shape index (κ1) is 10.5. The first-order chi connectivity index (χ1) is 4.84. The second-order valence-corrected chi connectivity index (χ2v) is 2.48. The number of nitrogens with zero attached hydrogens (tertiary/aromatic N) is 1. The van der Waals surface area contributed by atoms with Crippen molar-refractivity contribution < 1.29 is 0 Å². The van der Waals surface area contributed by atoms with Gasteiger partial charge in [0.15, 0.2) is 0 Å². The molecule has 1 nitrogen and oxygen atoms in total. The van der Waals surface area contributed by atoms with Crippen LogP contribution in [0.4, 0.5) is 0 Å². The van der Waals surface area contributed by atoms with Crippen molar-refractivity contribution in [2.24, 2.45) is 0 Å². The molecule has 0 bridgehead atoms. The zero-order chi connectivity index (χ0) is 7.40. The third-order valence-corrected chi connectivity index (χ3v) is 1.70. The molecule has 0 radical (unpaired) electrons. The highest BCUT2D eigenvalue weighted by Gasteiger charge is 2.06. The van der Waals surface area contributed by atoms with Crippen molar-refractivity contribution in [3.8, 4) is 0 Å². The van der Waals surface area contributed by atoms with Crippen LogP contribution in [0.2, 0.25) is 0 Å². The maximum absolute atomic E-state index is 3.70. The van der Waals surface area contributed by atoms with Crippen molar-refractivity contribution in [3.05, 3.63) is 37.1 Å². The summed E-state index contributed by atoms with van der Waals surface area (Å²) in [4.78, 5) is 2.18. The molecule has 0 aliphatic carbocycles. The smallest absolute Gasteiger partial charge is 0.0501 e. The van der Waals surface area contributed by atoms with Crippen LogP contribution >= 0.6 is 17.0 Å². The summed E-state index contributed by atoms with van der Waals surface area (Å²) in [5.74, 6) is 0. The van der Waals surface area contributed by atoms with Gasteiger partial charge in [0.2, 0.25) is 0 Å². The summed E-state index contributed by atoms with van der Waals surface area (Å²) in [7, 11) is 2.08. The molecule has 0 N–H and O–H groups in total. The number of hydrogen-bond acceptors (Lipinski definition) is 1. The maximum Gasteiger partial charge on any atom is 0.0501 e. The van der Waals surface area contributed by atoms with Crippen LogP contribution in [0.15, 0.2) is 37.1 Å². The van der Waals surface area contributed by atoms with Crippen LogP contribution < -0.4 is 0 Å². The molecule has 1 atom stereocenters. The molecule has 1 rings (SSSR count). The van der Waals surface area contributed by atoms with E-state index in [2.05, 4.69) is 36.9 Å². The number of allylic oxidation sites excluding steroid dienone is 2. The number of rotatable bonds is 2. The van der Waals surface area contributed by atoms with Crippen LogP contribution in [0.25, 0.3) is 0 Å². The molecule has 62 valence electrons. The first-order valence-corrected chi connectivity index (χ1v) is 3.52. The van der Waals surface area contributed by atoms with Gasteiger partial charge in [0.1, 0.15) is 0 Å². The molecule has 1 unspecified atom stereocenters. The van der Waals surface area contributed by atoms with Crippen molar-refractivity contribution >= 4 is 17.0 Å².